The molecule has 0 radical (unpaired) electrons. The van der Waals surface area contributed by atoms with Gasteiger partial charge in [-0.05, 0) is 49.0 Å². The number of hydrazine groups is 1. The molecule has 0 saturated carbocycles. The summed E-state index contributed by atoms with van der Waals surface area (Å²) >= 11 is 11.2. The molecule has 0 fully saturated rings. The van der Waals surface area contributed by atoms with Gasteiger partial charge in [-0.25, -0.2) is 0 Å². The number of aryl methyl sites for hydroxylation is 1. The zero-order chi connectivity index (χ0) is 13.7. The maximum atomic E-state index is 6.02. The van der Waals surface area contributed by atoms with Crippen LogP contribution in [0.4, 0.5) is 11.4 Å². The Morgan fingerprint density at radius 1 is 1.11 bits per heavy atom. The van der Waals surface area contributed by atoms with E-state index in [1.807, 2.05) is 55.5 Å². The largest absolute Gasteiger partial charge is 0.331 e. The van der Waals surface area contributed by atoms with Crippen molar-refractivity contribution in [1.29, 1.82) is 0 Å². The van der Waals surface area contributed by atoms with Gasteiger partial charge in [0.25, 0.3) is 0 Å². The van der Waals surface area contributed by atoms with Gasteiger partial charge >= 0.3 is 0 Å². The fourth-order valence-electron chi connectivity index (χ4n) is 1.57. The maximum absolute atomic E-state index is 6.02. The van der Waals surface area contributed by atoms with Crippen LogP contribution < -0.4 is 16.2 Å². The van der Waals surface area contributed by atoms with Crippen LogP contribution in [0.15, 0.2) is 48.5 Å². The first-order chi connectivity index (χ1) is 9.15. The SMILES string of the molecule is Cc1cccc(NC(=S)NNc2ccccc2Cl)c1. The van der Waals surface area contributed by atoms with Crippen LogP contribution in [0.2, 0.25) is 5.02 Å². The lowest BCUT2D eigenvalue weighted by molar-refractivity contribution is 1.14. The molecular weight excluding hydrogens is 278 g/mol. The van der Waals surface area contributed by atoms with Crippen molar-refractivity contribution in [3.8, 4) is 0 Å². The molecule has 0 aliphatic carbocycles. The van der Waals surface area contributed by atoms with E-state index in [0.29, 0.717) is 10.1 Å². The second kappa shape index (κ2) is 6.41. The van der Waals surface area contributed by atoms with E-state index < -0.39 is 0 Å². The number of para-hydroxylation sites is 1. The number of rotatable bonds is 3. The summed E-state index contributed by atoms with van der Waals surface area (Å²) in [6, 6.07) is 15.4. The molecule has 3 nitrogen and oxygen atoms in total. The number of hydrogen-bond donors (Lipinski definition) is 3. The molecule has 3 N–H and O–H groups in total. The summed E-state index contributed by atoms with van der Waals surface area (Å²) in [5.41, 5.74) is 8.75. The number of anilines is 2. The van der Waals surface area contributed by atoms with Gasteiger partial charge in [0.1, 0.15) is 0 Å². The first-order valence-electron chi connectivity index (χ1n) is 5.79. The van der Waals surface area contributed by atoms with E-state index in [9.17, 15) is 0 Å². The average Bonchev–Trinajstić information content (AvgIpc) is 2.38. The third-order valence-electron chi connectivity index (χ3n) is 2.46. The van der Waals surface area contributed by atoms with Crippen LogP contribution in [0.5, 0.6) is 0 Å². The highest BCUT2D eigenvalue weighted by Crippen LogP contribution is 2.19. The van der Waals surface area contributed by atoms with Crippen molar-refractivity contribution in [2.75, 3.05) is 10.7 Å². The van der Waals surface area contributed by atoms with Gasteiger partial charge in [-0.3, -0.25) is 10.9 Å². The second-order valence-corrected chi connectivity index (χ2v) is 4.87. The first kappa shape index (κ1) is 13.6. The zero-order valence-corrected chi connectivity index (χ0v) is 12.0. The highest BCUT2D eigenvalue weighted by atomic mass is 35.5. The molecule has 0 amide bonds. The summed E-state index contributed by atoms with van der Waals surface area (Å²) in [6.45, 7) is 2.03. The molecule has 0 aliphatic heterocycles. The van der Waals surface area contributed by atoms with E-state index in [0.717, 1.165) is 11.4 Å². The van der Waals surface area contributed by atoms with Crippen molar-refractivity contribution in [3.63, 3.8) is 0 Å². The molecule has 0 bridgehead atoms. The Bertz CT molecular complexity index is 586. The van der Waals surface area contributed by atoms with Crippen LogP contribution in [0.3, 0.4) is 0 Å². The fraction of sp³-hybridized carbons (Fsp3) is 0.0714. The zero-order valence-electron chi connectivity index (χ0n) is 10.4. The van der Waals surface area contributed by atoms with Gasteiger partial charge in [0.15, 0.2) is 5.11 Å². The van der Waals surface area contributed by atoms with Crippen LogP contribution in [0.25, 0.3) is 0 Å². The molecule has 0 atom stereocenters. The lowest BCUT2D eigenvalue weighted by Gasteiger charge is -2.13. The van der Waals surface area contributed by atoms with Crippen molar-refractivity contribution in [3.05, 3.63) is 59.1 Å². The average molecular weight is 292 g/mol. The van der Waals surface area contributed by atoms with E-state index in [2.05, 4.69) is 16.2 Å². The smallest absolute Gasteiger partial charge is 0.189 e. The molecule has 0 saturated heterocycles. The molecule has 2 aromatic rings. The van der Waals surface area contributed by atoms with E-state index in [-0.39, 0.29) is 0 Å². The highest BCUT2D eigenvalue weighted by molar-refractivity contribution is 7.80. The number of nitrogens with one attached hydrogen (secondary N) is 3. The number of benzene rings is 2. The van der Waals surface area contributed by atoms with Gasteiger partial charge in [-0.1, -0.05) is 35.9 Å². The minimum absolute atomic E-state index is 0.477. The monoisotopic (exact) mass is 291 g/mol. The minimum atomic E-state index is 0.477. The Labute approximate surface area is 123 Å². The summed E-state index contributed by atoms with van der Waals surface area (Å²) in [5.74, 6) is 0. The van der Waals surface area contributed by atoms with Crippen LogP contribution in [0, 0.1) is 6.92 Å². The van der Waals surface area contributed by atoms with Gasteiger partial charge in [-0.2, -0.15) is 0 Å². The standard InChI is InChI=1S/C14H14ClN3S/c1-10-5-4-6-11(9-10)16-14(19)18-17-13-8-3-2-7-12(13)15/h2-9,17H,1H3,(H2,16,18,19). The number of hydrogen-bond acceptors (Lipinski definition) is 2. The maximum Gasteiger partial charge on any atom is 0.189 e. The summed E-state index contributed by atoms with van der Waals surface area (Å²) in [7, 11) is 0. The summed E-state index contributed by atoms with van der Waals surface area (Å²) < 4.78 is 0. The number of halogens is 1. The van der Waals surface area contributed by atoms with Gasteiger partial charge in [0.2, 0.25) is 0 Å². The fourth-order valence-corrected chi connectivity index (χ4v) is 1.92. The topological polar surface area (TPSA) is 36.1 Å². The van der Waals surface area contributed by atoms with E-state index in [1.54, 1.807) is 0 Å². The summed E-state index contributed by atoms with van der Waals surface area (Å²) in [4.78, 5) is 0. The third-order valence-corrected chi connectivity index (χ3v) is 2.99. The van der Waals surface area contributed by atoms with Gasteiger partial charge in [0.05, 0.1) is 10.7 Å². The molecule has 0 heterocycles. The molecule has 98 valence electrons. The molecule has 2 rings (SSSR count). The molecule has 0 aliphatic rings. The van der Waals surface area contributed by atoms with Crippen LogP contribution in [-0.2, 0) is 0 Å². The quantitative estimate of drug-likeness (QED) is 0.591. The Morgan fingerprint density at radius 2 is 1.89 bits per heavy atom. The van der Waals surface area contributed by atoms with Crippen molar-refractivity contribution < 1.29 is 0 Å². The first-order valence-corrected chi connectivity index (χ1v) is 6.58. The molecule has 0 aromatic heterocycles. The van der Waals surface area contributed by atoms with Crippen molar-refractivity contribution >= 4 is 40.3 Å². The van der Waals surface area contributed by atoms with Gasteiger partial charge < -0.3 is 5.32 Å². The Hall–Kier alpha value is -1.78. The van der Waals surface area contributed by atoms with Crippen molar-refractivity contribution in [2.24, 2.45) is 0 Å². The van der Waals surface area contributed by atoms with Crippen LogP contribution in [-0.4, -0.2) is 5.11 Å². The van der Waals surface area contributed by atoms with Crippen LogP contribution in [0.1, 0.15) is 5.56 Å². The Kier molecular flexibility index (Phi) is 4.60. The molecule has 0 spiro atoms. The summed E-state index contributed by atoms with van der Waals surface area (Å²) in [6.07, 6.45) is 0. The molecule has 2 aromatic carbocycles. The van der Waals surface area contributed by atoms with E-state index in [1.165, 1.54) is 5.56 Å². The normalized spacial score (nSPS) is 9.79. The van der Waals surface area contributed by atoms with E-state index >= 15 is 0 Å². The number of thiocarbonyl (C=S) groups is 1. The summed E-state index contributed by atoms with van der Waals surface area (Å²) in [5, 5.41) is 4.20. The van der Waals surface area contributed by atoms with Gasteiger partial charge in [0, 0.05) is 5.69 Å². The Morgan fingerprint density at radius 3 is 2.63 bits per heavy atom. The molecule has 5 heteroatoms. The van der Waals surface area contributed by atoms with Gasteiger partial charge in [-0.15, -0.1) is 0 Å². The molecular formula is C14H14ClN3S. The molecule has 19 heavy (non-hydrogen) atoms. The predicted octanol–water partition coefficient (Wildman–Crippen LogP) is 3.96. The lowest BCUT2D eigenvalue weighted by Crippen LogP contribution is -2.33. The van der Waals surface area contributed by atoms with E-state index in [4.69, 9.17) is 23.8 Å². The predicted molar refractivity (Wildman–Crippen MR) is 85.6 cm³/mol. The van der Waals surface area contributed by atoms with Crippen molar-refractivity contribution in [1.82, 2.24) is 5.43 Å². The third kappa shape index (κ3) is 4.12. The highest BCUT2D eigenvalue weighted by Gasteiger charge is 2.00. The lowest BCUT2D eigenvalue weighted by atomic mass is 10.2. The van der Waals surface area contributed by atoms with Crippen LogP contribution >= 0.6 is 23.8 Å². The van der Waals surface area contributed by atoms with Crippen molar-refractivity contribution in [2.45, 2.75) is 6.92 Å². The second-order valence-electron chi connectivity index (χ2n) is 4.05. The Balaban J connectivity index is 1.90. The minimum Gasteiger partial charge on any atom is -0.331 e. The molecule has 0 unspecified atom stereocenters.